The molecule has 0 spiro atoms. The lowest BCUT2D eigenvalue weighted by molar-refractivity contribution is 1.21. The molecular formula is C16H19ClN2S. The summed E-state index contributed by atoms with van der Waals surface area (Å²) in [5, 5.41) is 5.09. The Bertz CT molecular complexity index is 518. The summed E-state index contributed by atoms with van der Waals surface area (Å²) < 4.78 is 0. The maximum Gasteiger partial charge on any atom is 0.0777 e. The molecule has 0 bridgehead atoms. The van der Waals surface area contributed by atoms with Gasteiger partial charge in [0.1, 0.15) is 0 Å². The average Bonchev–Trinajstić information content (AvgIpc) is 2.44. The number of nitrogens with one attached hydrogen (secondary N) is 1. The van der Waals surface area contributed by atoms with Crippen molar-refractivity contribution in [1.82, 2.24) is 0 Å². The van der Waals surface area contributed by atoms with Gasteiger partial charge in [-0.2, -0.15) is 5.10 Å². The van der Waals surface area contributed by atoms with Crippen molar-refractivity contribution in [2.75, 3.05) is 5.43 Å². The lowest BCUT2D eigenvalue weighted by atomic mass is 10.2. The van der Waals surface area contributed by atoms with Crippen LogP contribution in [0.4, 0.5) is 5.69 Å². The minimum atomic E-state index is 0.656. The summed E-state index contributed by atoms with van der Waals surface area (Å²) in [5.41, 5.74) is 4.74. The Morgan fingerprint density at radius 1 is 1.35 bits per heavy atom. The van der Waals surface area contributed by atoms with E-state index < -0.39 is 0 Å². The van der Waals surface area contributed by atoms with Crippen LogP contribution in [0.5, 0.6) is 0 Å². The normalized spacial score (nSPS) is 11.0. The largest absolute Gasteiger partial charge is 0.278 e. The highest BCUT2D eigenvalue weighted by molar-refractivity contribution is 8.07. The van der Waals surface area contributed by atoms with Gasteiger partial charge in [-0.05, 0) is 35.6 Å². The van der Waals surface area contributed by atoms with Crippen LogP contribution in [0.1, 0.15) is 19.8 Å². The predicted octanol–water partition coefficient (Wildman–Crippen LogP) is 5.85. The first-order chi connectivity index (χ1) is 9.56. The van der Waals surface area contributed by atoms with Crippen LogP contribution in [-0.2, 0) is 0 Å². The Kier molecular flexibility index (Phi) is 7.20. The van der Waals surface area contributed by atoms with E-state index in [0.717, 1.165) is 27.6 Å². The number of hydrogen-bond acceptors (Lipinski definition) is 3. The van der Waals surface area contributed by atoms with Crippen molar-refractivity contribution in [1.29, 1.82) is 0 Å². The van der Waals surface area contributed by atoms with Crippen LogP contribution in [0.15, 0.2) is 65.0 Å². The van der Waals surface area contributed by atoms with Gasteiger partial charge in [0, 0.05) is 16.3 Å². The van der Waals surface area contributed by atoms with E-state index >= 15 is 0 Å². The molecule has 106 valence electrons. The van der Waals surface area contributed by atoms with Crippen LogP contribution < -0.4 is 5.43 Å². The first-order valence-corrected chi connectivity index (χ1v) is 7.50. The highest BCUT2D eigenvalue weighted by Gasteiger charge is 2.06. The zero-order valence-electron chi connectivity index (χ0n) is 11.7. The first-order valence-electron chi connectivity index (χ1n) is 6.30. The van der Waals surface area contributed by atoms with Crippen molar-refractivity contribution in [2.45, 2.75) is 19.8 Å². The van der Waals surface area contributed by atoms with Crippen molar-refractivity contribution in [2.24, 2.45) is 5.10 Å². The summed E-state index contributed by atoms with van der Waals surface area (Å²) in [4.78, 5) is 1.96. The van der Waals surface area contributed by atoms with Crippen LogP contribution in [0.2, 0.25) is 5.02 Å². The van der Waals surface area contributed by atoms with Gasteiger partial charge in [-0.15, -0.1) is 6.58 Å². The van der Waals surface area contributed by atoms with E-state index in [1.54, 1.807) is 11.8 Å². The predicted molar refractivity (Wildman–Crippen MR) is 93.5 cm³/mol. The summed E-state index contributed by atoms with van der Waals surface area (Å²) in [7, 11) is 0. The number of rotatable bonds is 8. The minimum Gasteiger partial charge on any atom is -0.278 e. The Morgan fingerprint density at radius 3 is 2.55 bits per heavy atom. The molecule has 1 aromatic carbocycles. The van der Waals surface area contributed by atoms with Gasteiger partial charge in [0.15, 0.2) is 0 Å². The van der Waals surface area contributed by atoms with Crippen LogP contribution in [-0.4, -0.2) is 5.71 Å². The Hall–Kier alpha value is -1.45. The molecule has 0 aromatic heterocycles. The van der Waals surface area contributed by atoms with Crippen molar-refractivity contribution >= 4 is 34.8 Å². The Labute approximate surface area is 130 Å². The van der Waals surface area contributed by atoms with E-state index in [1.807, 2.05) is 30.3 Å². The number of thioether (sulfide) groups is 1. The molecule has 0 heterocycles. The summed E-state index contributed by atoms with van der Waals surface area (Å²) in [6.45, 7) is 13.8. The van der Waals surface area contributed by atoms with Gasteiger partial charge >= 0.3 is 0 Å². The number of anilines is 1. The lowest BCUT2D eigenvalue weighted by Crippen LogP contribution is -2.02. The maximum absolute atomic E-state index is 5.84. The van der Waals surface area contributed by atoms with Crippen LogP contribution in [0.25, 0.3) is 0 Å². The Morgan fingerprint density at radius 2 is 2.00 bits per heavy atom. The molecule has 0 aliphatic heterocycles. The molecule has 0 saturated heterocycles. The topological polar surface area (TPSA) is 24.4 Å². The van der Waals surface area contributed by atoms with Gasteiger partial charge in [0.2, 0.25) is 0 Å². The van der Waals surface area contributed by atoms with E-state index in [2.05, 4.69) is 37.2 Å². The smallest absolute Gasteiger partial charge is 0.0777 e. The molecule has 2 nitrogen and oxygen atoms in total. The number of halogens is 1. The van der Waals surface area contributed by atoms with E-state index in [9.17, 15) is 0 Å². The zero-order chi connectivity index (χ0) is 15.0. The average molecular weight is 307 g/mol. The standard InChI is InChI=1S/C16H19ClN2S/c1-5-7-16(13(4)20-12(3)6-2)19-18-15-10-8-14(17)9-11-15/h5,8-11,18H,1,3-4,6-7H2,2H3/b19-16+. The van der Waals surface area contributed by atoms with Crippen LogP contribution in [0, 0.1) is 0 Å². The minimum absolute atomic E-state index is 0.656. The molecule has 1 N–H and O–H groups in total. The van der Waals surface area contributed by atoms with Gasteiger partial charge in [-0.1, -0.05) is 49.5 Å². The maximum atomic E-state index is 5.84. The van der Waals surface area contributed by atoms with Gasteiger partial charge in [-0.3, -0.25) is 5.43 Å². The third kappa shape index (κ3) is 5.68. The molecule has 0 aliphatic rings. The second-order valence-corrected chi connectivity index (χ2v) is 5.80. The number of allylic oxidation sites excluding steroid dienone is 3. The second-order valence-electron chi connectivity index (χ2n) is 4.09. The van der Waals surface area contributed by atoms with E-state index in [0.29, 0.717) is 11.4 Å². The lowest BCUT2D eigenvalue weighted by Gasteiger charge is -2.09. The highest BCUT2D eigenvalue weighted by Crippen LogP contribution is 2.27. The van der Waals surface area contributed by atoms with Gasteiger partial charge in [0.25, 0.3) is 0 Å². The molecule has 0 saturated carbocycles. The molecule has 1 rings (SSSR count). The fraction of sp³-hybridized carbons (Fsp3) is 0.188. The molecule has 1 aromatic rings. The molecular weight excluding hydrogens is 288 g/mol. The molecule has 20 heavy (non-hydrogen) atoms. The SMILES string of the molecule is C=CC/C(=N\Nc1ccc(Cl)cc1)C(=C)SC(=C)CC. The molecule has 0 amide bonds. The molecule has 4 heteroatoms. The van der Waals surface area contributed by atoms with Crippen molar-refractivity contribution < 1.29 is 0 Å². The molecule has 0 fully saturated rings. The fourth-order valence-electron chi connectivity index (χ4n) is 1.32. The van der Waals surface area contributed by atoms with Crippen LogP contribution in [0.3, 0.4) is 0 Å². The molecule has 0 aliphatic carbocycles. The first kappa shape index (κ1) is 16.6. The molecule has 0 radical (unpaired) electrons. The van der Waals surface area contributed by atoms with Crippen LogP contribution >= 0.6 is 23.4 Å². The third-order valence-electron chi connectivity index (χ3n) is 2.49. The number of nitrogens with zero attached hydrogens (tertiary/aromatic N) is 1. The quantitative estimate of drug-likeness (QED) is 0.370. The van der Waals surface area contributed by atoms with E-state index in [1.165, 1.54) is 0 Å². The van der Waals surface area contributed by atoms with E-state index in [-0.39, 0.29) is 0 Å². The number of hydrazone groups is 1. The number of hydrogen-bond donors (Lipinski definition) is 1. The van der Waals surface area contributed by atoms with Crippen molar-refractivity contribution in [3.05, 3.63) is 64.9 Å². The van der Waals surface area contributed by atoms with Gasteiger partial charge in [-0.25, -0.2) is 0 Å². The summed E-state index contributed by atoms with van der Waals surface area (Å²) in [6.07, 6.45) is 3.38. The fourth-order valence-corrected chi connectivity index (χ4v) is 2.19. The Balaban J connectivity index is 2.76. The molecule has 0 atom stereocenters. The second kappa shape index (κ2) is 8.67. The van der Waals surface area contributed by atoms with E-state index in [4.69, 9.17) is 11.6 Å². The summed E-state index contributed by atoms with van der Waals surface area (Å²) in [5.74, 6) is 0. The van der Waals surface area contributed by atoms with Gasteiger partial charge < -0.3 is 0 Å². The summed E-state index contributed by atoms with van der Waals surface area (Å²) >= 11 is 7.40. The third-order valence-corrected chi connectivity index (χ3v) is 3.80. The highest BCUT2D eigenvalue weighted by atomic mass is 35.5. The van der Waals surface area contributed by atoms with Crippen molar-refractivity contribution in [3.63, 3.8) is 0 Å². The van der Waals surface area contributed by atoms with Crippen molar-refractivity contribution in [3.8, 4) is 0 Å². The zero-order valence-corrected chi connectivity index (χ0v) is 13.2. The summed E-state index contributed by atoms with van der Waals surface area (Å²) in [6, 6.07) is 7.38. The number of benzene rings is 1. The molecule has 0 unspecified atom stereocenters. The van der Waals surface area contributed by atoms with Gasteiger partial charge in [0.05, 0.1) is 11.4 Å². The monoisotopic (exact) mass is 306 g/mol.